The maximum atomic E-state index is 11.8. The Balaban J connectivity index is 1.61. The molecule has 0 saturated carbocycles. The fraction of sp³-hybridized carbons (Fsp3) is 0.923. The minimum Gasteiger partial charge on any atom is -0.338 e. The molecule has 2 rings (SSSR count). The van der Waals surface area contributed by atoms with E-state index in [1.54, 1.807) is 0 Å². The molecule has 4 nitrogen and oxygen atoms in total. The van der Waals surface area contributed by atoms with Gasteiger partial charge in [0.15, 0.2) is 0 Å². The van der Waals surface area contributed by atoms with Gasteiger partial charge in [0, 0.05) is 19.1 Å². The molecule has 0 aromatic rings. The molecule has 0 radical (unpaired) electrons. The molecule has 2 fully saturated rings. The van der Waals surface area contributed by atoms with Crippen molar-refractivity contribution in [2.45, 2.75) is 38.1 Å². The zero-order valence-electron chi connectivity index (χ0n) is 11.0. The molecule has 18 heavy (non-hydrogen) atoms. The number of amides is 2. The average Bonchev–Trinajstić information content (AvgIpc) is 2.66. The van der Waals surface area contributed by atoms with E-state index < -0.39 is 0 Å². The van der Waals surface area contributed by atoms with Crippen LogP contribution in [0.5, 0.6) is 0 Å². The Kier molecular flexibility index (Phi) is 6.14. The minimum atomic E-state index is 0.0157. The molecular weight excluding hydrogens is 246 g/mol. The third-order valence-corrected chi connectivity index (χ3v) is 4.82. The van der Waals surface area contributed by atoms with Crippen LogP contribution in [0, 0.1) is 5.92 Å². The summed E-state index contributed by atoms with van der Waals surface area (Å²) in [6.45, 7) is 2.83. The highest BCUT2D eigenvalue weighted by Gasteiger charge is 2.17. The molecule has 2 saturated heterocycles. The number of nitrogens with one attached hydrogen (secondary N) is 3. The second-order valence-corrected chi connectivity index (χ2v) is 6.53. The van der Waals surface area contributed by atoms with Gasteiger partial charge in [0.2, 0.25) is 0 Å². The van der Waals surface area contributed by atoms with Crippen LogP contribution in [-0.2, 0) is 0 Å². The van der Waals surface area contributed by atoms with Crippen LogP contribution in [-0.4, -0.2) is 43.2 Å². The Labute approximate surface area is 114 Å². The number of rotatable bonds is 3. The molecular formula is C13H25N3OS. The van der Waals surface area contributed by atoms with Gasteiger partial charge < -0.3 is 16.0 Å². The Morgan fingerprint density at radius 1 is 1.22 bits per heavy atom. The second-order valence-electron chi connectivity index (χ2n) is 5.31. The summed E-state index contributed by atoms with van der Waals surface area (Å²) in [5, 5.41) is 9.48. The minimum absolute atomic E-state index is 0.0157. The number of urea groups is 1. The zero-order valence-corrected chi connectivity index (χ0v) is 11.9. The largest absolute Gasteiger partial charge is 0.338 e. The van der Waals surface area contributed by atoms with E-state index in [-0.39, 0.29) is 6.03 Å². The van der Waals surface area contributed by atoms with Crippen molar-refractivity contribution >= 4 is 17.8 Å². The fourth-order valence-electron chi connectivity index (χ4n) is 2.57. The van der Waals surface area contributed by atoms with Crippen molar-refractivity contribution in [2.24, 2.45) is 5.92 Å². The van der Waals surface area contributed by atoms with Gasteiger partial charge in [0.25, 0.3) is 0 Å². The van der Waals surface area contributed by atoms with E-state index in [4.69, 9.17) is 0 Å². The first-order chi connectivity index (χ1) is 8.84. The van der Waals surface area contributed by atoms with Gasteiger partial charge in [-0.3, -0.25) is 0 Å². The van der Waals surface area contributed by atoms with Gasteiger partial charge >= 0.3 is 6.03 Å². The van der Waals surface area contributed by atoms with E-state index in [1.807, 2.05) is 11.8 Å². The highest BCUT2D eigenvalue weighted by molar-refractivity contribution is 7.99. The molecule has 0 bridgehead atoms. The predicted octanol–water partition coefficient (Wildman–Crippen LogP) is 1.57. The van der Waals surface area contributed by atoms with Gasteiger partial charge in [0.1, 0.15) is 0 Å². The third-order valence-electron chi connectivity index (χ3n) is 3.77. The van der Waals surface area contributed by atoms with Gasteiger partial charge in [-0.2, -0.15) is 11.8 Å². The number of thioether (sulfide) groups is 1. The Morgan fingerprint density at radius 3 is 2.89 bits per heavy atom. The molecule has 1 unspecified atom stereocenters. The van der Waals surface area contributed by atoms with E-state index in [0.717, 1.165) is 26.1 Å². The van der Waals surface area contributed by atoms with Gasteiger partial charge in [-0.25, -0.2) is 4.79 Å². The molecule has 0 aliphatic carbocycles. The summed E-state index contributed by atoms with van der Waals surface area (Å²) >= 11 is 2.03. The molecule has 2 amide bonds. The van der Waals surface area contributed by atoms with Crippen molar-refractivity contribution in [2.75, 3.05) is 31.1 Å². The zero-order chi connectivity index (χ0) is 12.6. The van der Waals surface area contributed by atoms with Crippen LogP contribution >= 0.6 is 11.8 Å². The summed E-state index contributed by atoms with van der Waals surface area (Å²) in [7, 11) is 0. The van der Waals surface area contributed by atoms with Gasteiger partial charge in [0.05, 0.1) is 0 Å². The van der Waals surface area contributed by atoms with Crippen LogP contribution in [0.3, 0.4) is 0 Å². The van der Waals surface area contributed by atoms with E-state index in [9.17, 15) is 4.79 Å². The van der Waals surface area contributed by atoms with Crippen LogP contribution in [0.1, 0.15) is 32.1 Å². The van der Waals surface area contributed by atoms with Crippen molar-refractivity contribution in [3.63, 3.8) is 0 Å². The molecule has 0 aromatic heterocycles. The normalized spacial score (nSPS) is 26.3. The van der Waals surface area contributed by atoms with Gasteiger partial charge in [-0.05, 0) is 49.7 Å². The predicted molar refractivity (Wildman–Crippen MR) is 77.1 cm³/mol. The van der Waals surface area contributed by atoms with Crippen molar-refractivity contribution in [3.05, 3.63) is 0 Å². The molecule has 1 atom stereocenters. The molecule has 2 heterocycles. The monoisotopic (exact) mass is 271 g/mol. The van der Waals surface area contributed by atoms with Gasteiger partial charge in [-0.1, -0.05) is 6.42 Å². The van der Waals surface area contributed by atoms with Crippen LogP contribution in [0.4, 0.5) is 4.79 Å². The molecule has 2 aliphatic rings. The summed E-state index contributed by atoms with van der Waals surface area (Å²) in [6.07, 6.45) is 6.02. The topological polar surface area (TPSA) is 53.2 Å². The van der Waals surface area contributed by atoms with Crippen molar-refractivity contribution in [1.29, 1.82) is 0 Å². The Bertz CT molecular complexity index is 249. The Hall–Kier alpha value is -0.420. The van der Waals surface area contributed by atoms with Crippen molar-refractivity contribution < 1.29 is 4.79 Å². The summed E-state index contributed by atoms with van der Waals surface area (Å²) in [5.74, 6) is 3.19. The van der Waals surface area contributed by atoms with E-state index in [2.05, 4.69) is 16.0 Å². The van der Waals surface area contributed by atoms with E-state index in [0.29, 0.717) is 12.0 Å². The highest BCUT2D eigenvalue weighted by atomic mass is 32.2. The lowest BCUT2D eigenvalue weighted by Crippen LogP contribution is -2.47. The van der Waals surface area contributed by atoms with Crippen molar-refractivity contribution in [1.82, 2.24) is 16.0 Å². The van der Waals surface area contributed by atoms with Gasteiger partial charge in [-0.15, -0.1) is 0 Å². The molecule has 5 heteroatoms. The van der Waals surface area contributed by atoms with Crippen molar-refractivity contribution in [3.8, 4) is 0 Å². The van der Waals surface area contributed by atoms with Crippen LogP contribution in [0.15, 0.2) is 0 Å². The first kappa shape index (κ1) is 14.0. The number of hydrogen-bond donors (Lipinski definition) is 3. The lowest BCUT2D eigenvalue weighted by Gasteiger charge is -2.22. The van der Waals surface area contributed by atoms with E-state index in [1.165, 1.54) is 37.2 Å². The standard InChI is InChI=1S/C13H25N3OS/c17-13(15-9-11-4-7-18-8-5-11)16-12-3-1-2-6-14-10-12/h11-12,14H,1-10H2,(H2,15,16,17). The number of carbonyl (C=O) groups excluding carboxylic acids is 1. The maximum absolute atomic E-state index is 11.8. The Morgan fingerprint density at radius 2 is 2.06 bits per heavy atom. The first-order valence-electron chi connectivity index (χ1n) is 7.17. The SMILES string of the molecule is O=C(NCC1CCSCC1)NC1CCCCNC1. The van der Waals surface area contributed by atoms with Crippen LogP contribution in [0.25, 0.3) is 0 Å². The molecule has 2 aliphatic heterocycles. The summed E-state index contributed by atoms with van der Waals surface area (Å²) in [5.41, 5.74) is 0. The summed E-state index contributed by atoms with van der Waals surface area (Å²) in [6, 6.07) is 0.316. The lowest BCUT2D eigenvalue weighted by molar-refractivity contribution is 0.233. The molecule has 3 N–H and O–H groups in total. The number of carbonyl (C=O) groups is 1. The molecule has 0 spiro atoms. The third kappa shape index (κ3) is 5.06. The van der Waals surface area contributed by atoms with Crippen LogP contribution < -0.4 is 16.0 Å². The van der Waals surface area contributed by atoms with E-state index >= 15 is 0 Å². The smallest absolute Gasteiger partial charge is 0.315 e. The summed E-state index contributed by atoms with van der Waals surface area (Å²) in [4.78, 5) is 11.8. The maximum Gasteiger partial charge on any atom is 0.315 e. The lowest BCUT2D eigenvalue weighted by atomic mass is 10.0. The van der Waals surface area contributed by atoms with Crippen LogP contribution in [0.2, 0.25) is 0 Å². The number of hydrogen-bond acceptors (Lipinski definition) is 3. The molecule has 104 valence electrons. The summed E-state index contributed by atoms with van der Waals surface area (Å²) < 4.78 is 0. The molecule has 0 aromatic carbocycles. The first-order valence-corrected chi connectivity index (χ1v) is 8.33. The average molecular weight is 271 g/mol. The quantitative estimate of drug-likeness (QED) is 0.730. The second kappa shape index (κ2) is 7.89. The fourth-order valence-corrected chi connectivity index (χ4v) is 3.77. The highest BCUT2D eigenvalue weighted by Crippen LogP contribution is 2.21.